The van der Waals surface area contributed by atoms with Crippen LogP contribution in [0.3, 0.4) is 0 Å². The van der Waals surface area contributed by atoms with Crippen LogP contribution < -0.4 is 0 Å². The van der Waals surface area contributed by atoms with E-state index in [1.165, 1.54) is 56.9 Å². The van der Waals surface area contributed by atoms with Crippen LogP contribution in [0.4, 0.5) is 0 Å². The molecule has 19 heavy (non-hydrogen) atoms. The molecule has 0 aliphatic heterocycles. The third-order valence-electron chi connectivity index (χ3n) is 5.31. The van der Waals surface area contributed by atoms with Gasteiger partial charge in [-0.15, -0.1) is 0 Å². The zero-order chi connectivity index (χ0) is 13.2. The van der Waals surface area contributed by atoms with Gasteiger partial charge in [-0.05, 0) is 66.7 Å². The van der Waals surface area contributed by atoms with E-state index in [0.29, 0.717) is 11.7 Å². The smallest absolute Gasteiger partial charge is 0.115 e. The van der Waals surface area contributed by atoms with Crippen molar-refractivity contribution in [2.24, 2.45) is 5.92 Å². The van der Waals surface area contributed by atoms with Crippen LogP contribution in [0.15, 0.2) is 18.2 Å². The largest absolute Gasteiger partial charge is 0.508 e. The van der Waals surface area contributed by atoms with Crippen LogP contribution in [-0.2, 0) is 0 Å². The van der Waals surface area contributed by atoms with Crippen LogP contribution in [-0.4, -0.2) is 5.11 Å². The molecule has 3 rings (SSSR count). The fourth-order valence-corrected chi connectivity index (χ4v) is 4.37. The standard InChI is InChI=1S/C18H26O/c1-2-3-6-14-11-13-7-4-5-8-16(13)17-10-9-15(19)12-18(14)17/h9-10,12-14,16,19H,2-8,11H2,1H3/t13-,14-,16+/m0/s1. The van der Waals surface area contributed by atoms with E-state index in [1.54, 1.807) is 5.56 Å². The Labute approximate surface area is 117 Å². The molecule has 0 unspecified atom stereocenters. The summed E-state index contributed by atoms with van der Waals surface area (Å²) in [5, 5.41) is 9.83. The van der Waals surface area contributed by atoms with Gasteiger partial charge >= 0.3 is 0 Å². The zero-order valence-corrected chi connectivity index (χ0v) is 12.1. The first kappa shape index (κ1) is 13.0. The lowest BCUT2D eigenvalue weighted by atomic mass is 9.64. The highest BCUT2D eigenvalue weighted by atomic mass is 16.3. The van der Waals surface area contributed by atoms with Crippen molar-refractivity contribution in [3.05, 3.63) is 29.3 Å². The van der Waals surface area contributed by atoms with Gasteiger partial charge in [-0.1, -0.05) is 38.7 Å². The number of rotatable bonds is 3. The monoisotopic (exact) mass is 258 g/mol. The summed E-state index contributed by atoms with van der Waals surface area (Å²) in [4.78, 5) is 0. The first-order valence-corrected chi connectivity index (χ1v) is 8.12. The minimum Gasteiger partial charge on any atom is -0.508 e. The Kier molecular flexibility index (Phi) is 3.81. The van der Waals surface area contributed by atoms with Crippen LogP contribution in [0.2, 0.25) is 0 Å². The van der Waals surface area contributed by atoms with Crippen molar-refractivity contribution in [1.82, 2.24) is 0 Å². The Morgan fingerprint density at radius 2 is 2.00 bits per heavy atom. The summed E-state index contributed by atoms with van der Waals surface area (Å²) in [6.07, 6.45) is 10.9. The highest BCUT2D eigenvalue weighted by Crippen LogP contribution is 2.51. The van der Waals surface area contributed by atoms with Crippen molar-refractivity contribution in [1.29, 1.82) is 0 Å². The lowest BCUT2D eigenvalue weighted by Crippen LogP contribution is -2.26. The molecule has 0 spiro atoms. The molecule has 0 radical (unpaired) electrons. The van der Waals surface area contributed by atoms with E-state index in [4.69, 9.17) is 0 Å². The van der Waals surface area contributed by atoms with E-state index >= 15 is 0 Å². The first-order valence-electron chi connectivity index (χ1n) is 8.12. The number of benzene rings is 1. The predicted molar refractivity (Wildman–Crippen MR) is 79.7 cm³/mol. The van der Waals surface area contributed by atoms with Crippen molar-refractivity contribution >= 4 is 0 Å². The van der Waals surface area contributed by atoms with Crippen LogP contribution in [0.25, 0.3) is 0 Å². The van der Waals surface area contributed by atoms with Crippen LogP contribution in [0.1, 0.15) is 81.3 Å². The Hall–Kier alpha value is -0.980. The fraction of sp³-hybridized carbons (Fsp3) is 0.667. The third-order valence-corrected chi connectivity index (χ3v) is 5.31. The van der Waals surface area contributed by atoms with Crippen LogP contribution in [0.5, 0.6) is 5.75 Å². The summed E-state index contributed by atoms with van der Waals surface area (Å²) in [6.45, 7) is 2.27. The zero-order valence-electron chi connectivity index (χ0n) is 12.1. The summed E-state index contributed by atoms with van der Waals surface area (Å²) < 4.78 is 0. The number of hydrogen-bond acceptors (Lipinski definition) is 1. The quantitative estimate of drug-likeness (QED) is 0.775. The predicted octanol–water partition coefficient (Wildman–Crippen LogP) is 5.34. The molecule has 1 saturated carbocycles. The Morgan fingerprint density at radius 3 is 2.84 bits per heavy atom. The lowest BCUT2D eigenvalue weighted by molar-refractivity contribution is 0.248. The highest BCUT2D eigenvalue weighted by Gasteiger charge is 2.35. The normalized spacial score (nSPS) is 29.6. The van der Waals surface area contributed by atoms with E-state index in [-0.39, 0.29) is 0 Å². The molecule has 0 bridgehead atoms. The number of phenolic OH excluding ortho intramolecular Hbond substituents is 1. The van der Waals surface area contributed by atoms with E-state index in [9.17, 15) is 5.11 Å². The van der Waals surface area contributed by atoms with Gasteiger partial charge in [0.2, 0.25) is 0 Å². The molecular weight excluding hydrogens is 232 g/mol. The molecule has 0 aromatic heterocycles. The van der Waals surface area contributed by atoms with E-state index in [2.05, 4.69) is 19.1 Å². The van der Waals surface area contributed by atoms with Crippen LogP contribution >= 0.6 is 0 Å². The minimum atomic E-state index is 0.453. The molecular formula is C18H26O. The molecule has 1 fully saturated rings. The van der Waals surface area contributed by atoms with Crippen molar-refractivity contribution < 1.29 is 5.11 Å². The summed E-state index contributed by atoms with van der Waals surface area (Å²) in [5.41, 5.74) is 3.03. The highest BCUT2D eigenvalue weighted by molar-refractivity contribution is 5.42. The number of aromatic hydroxyl groups is 1. The molecule has 1 heteroatoms. The summed E-state index contributed by atoms with van der Waals surface area (Å²) in [7, 11) is 0. The molecule has 0 saturated heterocycles. The Morgan fingerprint density at radius 1 is 1.16 bits per heavy atom. The van der Waals surface area contributed by atoms with Gasteiger partial charge in [0.25, 0.3) is 0 Å². The molecule has 0 amide bonds. The number of fused-ring (bicyclic) bond motifs is 3. The van der Waals surface area contributed by atoms with Gasteiger partial charge in [-0.2, -0.15) is 0 Å². The fourth-order valence-electron chi connectivity index (χ4n) is 4.37. The molecule has 1 aromatic rings. The molecule has 1 N–H and O–H groups in total. The van der Waals surface area contributed by atoms with Crippen molar-refractivity contribution in [3.63, 3.8) is 0 Å². The van der Waals surface area contributed by atoms with Gasteiger partial charge in [0, 0.05) is 0 Å². The van der Waals surface area contributed by atoms with Crippen molar-refractivity contribution in [3.8, 4) is 5.75 Å². The Balaban J connectivity index is 1.93. The SMILES string of the molecule is CCCC[C@H]1C[C@@H]2CCCC[C@H]2c2ccc(O)cc21. The van der Waals surface area contributed by atoms with Gasteiger partial charge in [0.15, 0.2) is 0 Å². The third kappa shape index (κ3) is 2.52. The molecule has 3 atom stereocenters. The minimum absolute atomic E-state index is 0.453. The van der Waals surface area contributed by atoms with Crippen LogP contribution in [0, 0.1) is 5.92 Å². The second-order valence-electron chi connectivity index (χ2n) is 6.54. The van der Waals surface area contributed by atoms with Gasteiger partial charge in [0.05, 0.1) is 0 Å². The maximum atomic E-state index is 9.83. The average molecular weight is 258 g/mol. The first-order chi connectivity index (χ1) is 9.29. The average Bonchev–Trinajstić information content (AvgIpc) is 2.44. The van der Waals surface area contributed by atoms with Gasteiger partial charge in [-0.25, -0.2) is 0 Å². The van der Waals surface area contributed by atoms with Crippen molar-refractivity contribution in [2.45, 2.75) is 70.1 Å². The molecule has 104 valence electrons. The molecule has 2 aliphatic carbocycles. The van der Waals surface area contributed by atoms with E-state index in [1.807, 2.05) is 6.07 Å². The second kappa shape index (κ2) is 5.56. The lowest BCUT2D eigenvalue weighted by Gasteiger charge is -2.41. The number of hydrogen-bond donors (Lipinski definition) is 1. The van der Waals surface area contributed by atoms with Gasteiger partial charge in [-0.3, -0.25) is 0 Å². The van der Waals surface area contributed by atoms with Gasteiger partial charge < -0.3 is 5.11 Å². The van der Waals surface area contributed by atoms with E-state index in [0.717, 1.165) is 11.8 Å². The summed E-state index contributed by atoms with van der Waals surface area (Å²) in [5.74, 6) is 2.84. The summed E-state index contributed by atoms with van der Waals surface area (Å²) in [6, 6.07) is 6.17. The summed E-state index contributed by atoms with van der Waals surface area (Å²) >= 11 is 0. The molecule has 1 nitrogen and oxygen atoms in total. The van der Waals surface area contributed by atoms with Gasteiger partial charge in [0.1, 0.15) is 5.75 Å². The molecule has 0 heterocycles. The van der Waals surface area contributed by atoms with E-state index < -0.39 is 0 Å². The second-order valence-corrected chi connectivity index (χ2v) is 6.54. The number of phenols is 1. The maximum Gasteiger partial charge on any atom is 0.115 e. The Bertz CT molecular complexity index is 437. The topological polar surface area (TPSA) is 20.2 Å². The van der Waals surface area contributed by atoms with Crippen molar-refractivity contribution in [2.75, 3.05) is 0 Å². The molecule has 1 aromatic carbocycles. The molecule has 2 aliphatic rings. The number of unbranched alkanes of at least 4 members (excludes halogenated alkanes) is 1. The maximum absolute atomic E-state index is 9.83.